The van der Waals surface area contributed by atoms with Gasteiger partial charge in [-0.25, -0.2) is 0 Å². The predicted molar refractivity (Wildman–Crippen MR) is 63.8 cm³/mol. The summed E-state index contributed by atoms with van der Waals surface area (Å²) in [5, 5.41) is 19.3. The number of nitrogens with one attached hydrogen (secondary N) is 3. The number of amides is 1. The number of carbonyl (C=O) groups excluding carboxylic acids is 1. The van der Waals surface area contributed by atoms with Crippen LogP contribution in [0.3, 0.4) is 0 Å². The fourth-order valence-electron chi connectivity index (χ4n) is 1.44. The van der Waals surface area contributed by atoms with Gasteiger partial charge >= 0.3 is 0 Å². The average molecular weight is 247 g/mol. The van der Waals surface area contributed by atoms with E-state index in [0.29, 0.717) is 11.5 Å². The van der Waals surface area contributed by atoms with Crippen LogP contribution >= 0.6 is 0 Å². The maximum Gasteiger partial charge on any atom is 0.269 e. The molecule has 8 heteroatoms. The molecule has 94 valence electrons. The fraction of sp³-hybridized carbons (Fsp3) is 0.300. The van der Waals surface area contributed by atoms with Gasteiger partial charge in [-0.1, -0.05) is 5.21 Å². The van der Waals surface area contributed by atoms with E-state index in [4.69, 9.17) is 0 Å². The Balaban J connectivity index is 2.12. The van der Waals surface area contributed by atoms with E-state index in [0.717, 1.165) is 5.69 Å². The van der Waals surface area contributed by atoms with E-state index in [1.165, 1.54) is 0 Å². The van der Waals surface area contributed by atoms with Crippen LogP contribution in [0.15, 0.2) is 18.3 Å². The number of carbonyl (C=O) groups is 1. The Hall–Kier alpha value is -2.51. The molecular formula is C10H13N7O. The van der Waals surface area contributed by atoms with Crippen LogP contribution in [-0.2, 0) is 0 Å². The number of hydrogen-bond acceptors (Lipinski definition) is 6. The van der Waals surface area contributed by atoms with Crippen LogP contribution in [0.4, 0.5) is 5.69 Å². The smallest absolute Gasteiger partial charge is 0.269 e. The van der Waals surface area contributed by atoms with Gasteiger partial charge in [0.05, 0.1) is 6.04 Å². The number of hydrogen-bond donors (Lipinski definition) is 3. The molecule has 1 amide bonds. The minimum Gasteiger partial charge on any atom is -0.375 e. The van der Waals surface area contributed by atoms with Crippen LogP contribution in [0.25, 0.3) is 0 Å². The topological polar surface area (TPSA) is 108 Å². The molecule has 1 unspecified atom stereocenters. The SMILES string of the molecule is CNC(=O)c1cc(NC(C)c2nn[nH]n2)ccn1. The second kappa shape index (κ2) is 5.21. The fourth-order valence-corrected chi connectivity index (χ4v) is 1.44. The van der Waals surface area contributed by atoms with Gasteiger partial charge in [-0.05, 0) is 19.1 Å². The first-order chi connectivity index (χ1) is 8.70. The van der Waals surface area contributed by atoms with E-state index in [1.54, 1.807) is 25.4 Å². The number of tetrazole rings is 1. The van der Waals surface area contributed by atoms with Gasteiger partial charge in [0.25, 0.3) is 5.91 Å². The quantitative estimate of drug-likeness (QED) is 0.708. The highest BCUT2D eigenvalue weighted by Gasteiger charge is 2.11. The summed E-state index contributed by atoms with van der Waals surface area (Å²) < 4.78 is 0. The maximum atomic E-state index is 11.4. The van der Waals surface area contributed by atoms with Gasteiger partial charge in [-0.15, -0.1) is 10.2 Å². The Morgan fingerprint density at radius 2 is 2.33 bits per heavy atom. The summed E-state index contributed by atoms with van der Waals surface area (Å²) >= 11 is 0. The maximum absolute atomic E-state index is 11.4. The van der Waals surface area contributed by atoms with Crippen molar-refractivity contribution in [2.45, 2.75) is 13.0 Å². The molecule has 1 atom stereocenters. The van der Waals surface area contributed by atoms with E-state index in [2.05, 4.69) is 36.2 Å². The Bertz CT molecular complexity index is 525. The van der Waals surface area contributed by atoms with Crippen LogP contribution in [0.1, 0.15) is 29.3 Å². The number of H-pyrrole nitrogens is 1. The number of aromatic amines is 1. The van der Waals surface area contributed by atoms with Crippen LogP contribution in [0.5, 0.6) is 0 Å². The molecule has 0 radical (unpaired) electrons. The van der Waals surface area contributed by atoms with Crippen LogP contribution in [-0.4, -0.2) is 38.6 Å². The van der Waals surface area contributed by atoms with Gasteiger partial charge in [0.2, 0.25) is 0 Å². The van der Waals surface area contributed by atoms with E-state index in [9.17, 15) is 4.79 Å². The summed E-state index contributed by atoms with van der Waals surface area (Å²) in [4.78, 5) is 15.4. The Kier molecular flexibility index (Phi) is 3.46. The standard InChI is InChI=1S/C10H13N7O/c1-6(9-14-16-17-15-9)13-7-3-4-12-8(5-7)10(18)11-2/h3-6H,1-2H3,(H,11,18)(H,12,13)(H,14,15,16,17). The van der Waals surface area contributed by atoms with Crippen molar-refractivity contribution in [1.29, 1.82) is 0 Å². The summed E-state index contributed by atoms with van der Waals surface area (Å²) in [6.07, 6.45) is 1.57. The highest BCUT2D eigenvalue weighted by Crippen LogP contribution is 2.15. The Labute approximate surface area is 103 Å². The van der Waals surface area contributed by atoms with Crippen molar-refractivity contribution in [2.24, 2.45) is 0 Å². The molecule has 0 aromatic carbocycles. The van der Waals surface area contributed by atoms with E-state index >= 15 is 0 Å². The molecular weight excluding hydrogens is 234 g/mol. The molecule has 0 aliphatic carbocycles. The first-order valence-corrected chi connectivity index (χ1v) is 5.38. The number of pyridine rings is 1. The van der Waals surface area contributed by atoms with E-state index in [1.807, 2.05) is 6.92 Å². The molecule has 0 aliphatic rings. The number of aromatic nitrogens is 5. The van der Waals surface area contributed by atoms with Crippen molar-refractivity contribution in [2.75, 3.05) is 12.4 Å². The molecule has 0 aliphatic heterocycles. The number of rotatable bonds is 4. The Morgan fingerprint density at radius 1 is 1.50 bits per heavy atom. The van der Waals surface area contributed by atoms with Crippen molar-refractivity contribution in [3.8, 4) is 0 Å². The van der Waals surface area contributed by atoms with Crippen molar-refractivity contribution in [1.82, 2.24) is 30.9 Å². The lowest BCUT2D eigenvalue weighted by atomic mass is 10.2. The van der Waals surface area contributed by atoms with Crippen molar-refractivity contribution >= 4 is 11.6 Å². The molecule has 2 heterocycles. The molecule has 8 nitrogen and oxygen atoms in total. The van der Waals surface area contributed by atoms with Crippen LogP contribution < -0.4 is 10.6 Å². The second-order valence-electron chi connectivity index (χ2n) is 3.64. The first kappa shape index (κ1) is 12.0. The summed E-state index contributed by atoms with van der Waals surface area (Å²) in [6, 6.07) is 3.31. The van der Waals surface area contributed by atoms with Gasteiger partial charge in [-0.2, -0.15) is 5.21 Å². The first-order valence-electron chi connectivity index (χ1n) is 5.38. The van der Waals surface area contributed by atoms with Crippen LogP contribution in [0.2, 0.25) is 0 Å². The highest BCUT2D eigenvalue weighted by molar-refractivity contribution is 5.92. The highest BCUT2D eigenvalue weighted by atomic mass is 16.1. The molecule has 0 fully saturated rings. The summed E-state index contributed by atoms with van der Waals surface area (Å²) in [6.45, 7) is 1.89. The molecule has 0 saturated heterocycles. The zero-order valence-electron chi connectivity index (χ0n) is 10.0. The molecule has 0 bridgehead atoms. The minimum atomic E-state index is -0.231. The number of anilines is 1. The predicted octanol–water partition coefficient (Wildman–Crippen LogP) is 0.127. The molecule has 0 saturated carbocycles. The monoisotopic (exact) mass is 247 g/mol. The molecule has 3 N–H and O–H groups in total. The second-order valence-corrected chi connectivity index (χ2v) is 3.64. The zero-order chi connectivity index (χ0) is 13.0. The van der Waals surface area contributed by atoms with Gasteiger partial charge in [0, 0.05) is 18.9 Å². The molecule has 2 aromatic heterocycles. The molecule has 0 spiro atoms. The van der Waals surface area contributed by atoms with Gasteiger partial charge in [0.15, 0.2) is 5.82 Å². The third kappa shape index (κ3) is 2.59. The van der Waals surface area contributed by atoms with Crippen molar-refractivity contribution in [3.63, 3.8) is 0 Å². The summed E-state index contributed by atoms with van der Waals surface area (Å²) in [5.74, 6) is 0.319. The lowest BCUT2D eigenvalue weighted by Gasteiger charge is -2.11. The summed E-state index contributed by atoms with van der Waals surface area (Å²) in [5.41, 5.74) is 1.11. The molecule has 2 aromatic rings. The largest absolute Gasteiger partial charge is 0.375 e. The van der Waals surface area contributed by atoms with Gasteiger partial charge in [-0.3, -0.25) is 9.78 Å². The van der Waals surface area contributed by atoms with Crippen LogP contribution in [0, 0.1) is 0 Å². The third-order valence-corrected chi connectivity index (χ3v) is 2.35. The number of nitrogens with zero attached hydrogens (tertiary/aromatic N) is 4. The normalized spacial score (nSPS) is 11.9. The lowest BCUT2D eigenvalue weighted by Crippen LogP contribution is -2.19. The summed E-state index contributed by atoms with van der Waals surface area (Å²) in [7, 11) is 1.56. The average Bonchev–Trinajstić information content (AvgIpc) is 2.92. The van der Waals surface area contributed by atoms with E-state index in [-0.39, 0.29) is 11.9 Å². The van der Waals surface area contributed by atoms with Gasteiger partial charge in [0.1, 0.15) is 5.69 Å². The molecule has 2 rings (SSSR count). The zero-order valence-corrected chi connectivity index (χ0v) is 10.0. The van der Waals surface area contributed by atoms with Crippen molar-refractivity contribution < 1.29 is 4.79 Å². The van der Waals surface area contributed by atoms with E-state index < -0.39 is 0 Å². The van der Waals surface area contributed by atoms with Gasteiger partial charge < -0.3 is 10.6 Å². The van der Waals surface area contributed by atoms with Crippen molar-refractivity contribution in [3.05, 3.63) is 29.8 Å². The molecule has 18 heavy (non-hydrogen) atoms. The third-order valence-electron chi connectivity index (χ3n) is 2.35. The Morgan fingerprint density at radius 3 is 3.00 bits per heavy atom. The lowest BCUT2D eigenvalue weighted by molar-refractivity contribution is 0.0958. The minimum absolute atomic E-state index is 0.122.